The van der Waals surface area contributed by atoms with Crippen molar-refractivity contribution in [2.24, 2.45) is 0 Å². The molecule has 8 heteroatoms. The van der Waals surface area contributed by atoms with Crippen molar-refractivity contribution in [3.05, 3.63) is 59.1 Å². The van der Waals surface area contributed by atoms with Crippen LogP contribution in [0.2, 0.25) is 0 Å². The highest BCUT2D eigenvalue weighted by Gasteiger charge is 2.21. The average molecular weight is 353 g/mol. The quantitative estimate of drug-likeness (QED) is 0.667. The molecule has 4 heterocycles. The van der Waals surface area contributed by atoms with Gasteiger partial charge in [-0.25, -0.2) is 9.78 Å². The molecular weight excluding hydrogens is 334 g/mol. The van der Waals surface area contributed by atoms with Gasteiger partial charge in [-0.05, 0) is 32.0 Å². The Morgan fingerprint density at radius 1 is 1.31 bits per heavy atom. The zero-order valence-electron chi connectivity index (χ0n) is 14.7. The van der Waals surface area contributed by atoms with Crippen LogP contribution in [0, 0.1) is 13.8 Å². The Morgan fingerprint density at radius 2 is 2.19 bits per heavy atom. The SMILES string of the molecule is Cc1cc(C(=O)OCc2nnc3n2CCOC3)c(C)n1-c1ccccn1. The van der Waals surface area contributed by atoms with Gasteiger partial charge >= 0.3 is 5.97 Å². The highest BCUT2D eigenvalue weighted by atomic mass is 16.5. The summed E-state index contributed by atoms with van der Waals surface area (Å²) in [4.78, 5) is 16.9. The third-order valence-electron chi connectivity index (χ3n) is 4.46. The lowest BCUT2D eigenvalue weighted by molar-refractivity contribution is 0.0441. The van der Waals surface area contributed by atoms with E-state index in [2.05, 4.69) is 15.2 Å². The molecule has 0 N–H and O–H groups in total. The summed E-state index contributed by atoms with van der Waals surface area (Å²) in [7, 11) is 0. The van der Waals surface area contributed by atoms with E-state index in [9.17, 15) is 4.79 Å². The molecule has 3 aromatic heterocycles. The van der Waals surface area contributed by atoms with Crippen molar-refractivity contribution in [1.29, 1.82) is 0 Å². The lowest BCUT2D eigenvalue weighted by Crippen LogP contribution is -2.19. The first-order valence-corrected chi connectivity index (χ1v) is 8.41. The fourth-order valence-electron chi connectivity index (χ4n) is 3.18. The number of aromatic nitrogens is 5. The van der Waals surface area contributed by atoms with E-state index in [1.54, 1.807) is 6.20 Å². The minimum absolute atomic E-state index is 0.0824. The van der Waals surface area contributed by atoms with Crippen molar-refractivity contribution in [2.75, 3.05) is 6.61 Å². The molecule has 3 aromatic rings. The topological polar surface area (TPSA) is 84.1 Å². The van der Waals surface area contributed by atoms with Crippen molar-refractivity contribution in [1.82, 2.24) is 24.3 Å². The van der Waals surface area contributed by atoms with E-state index in [-0.39, 0.29) is 12.6 Å². The van der Waals surface area contributed by atoms with E-state index in [0.29, 0.717) is 31.1 Å². The molecule has 0 bridgehead atoms. The molecule has 4 rings (SSSR count). The zero-order valence-corrected chi connectivity index (χ0v) is 14.7. The lowest BCUT2D eigenvalue weighted by atomic mass is 10.2. The van der Waals surface area contributed by atoms with Gasteiger partial charge in [0.1, 0.15) is 12.4 Å². The number of carbonyl (C=O) groups is 1. The second kappa shape index (κ2) is 6.72. The van der Waals surface area contributed by atoms with Crippen LogP contribution in [0.5, 0.6) is 0 Å². The Labute approximate surface area is 150 Å². The smallest absolute Gasteiger partial charge is 0.340 e. The Kier molecular flexibility index (Phi) is 4.26. The summed E-state index contributed by atoms with van der Waals surface area (Å²) in [5, 5.41) is 8.16. The van der Waals surface area contributed by atoms with Gasteiger partial charge in [0.15, 0.2) is 18.3 Å². The molecule has 0 unspecified atom stereocenters. The molecule has 0 aromatic carbocycles. The molecule has 0 amide bonds. The van der Waals surface area contributed by atoms with Crippen LogP contribution in [0.1, 0.15) is 33.4 Å². The summed E-state index contributed by atoms with van der Waals surface area (Å²) in [6.07, 6.45) is 1.73. The maximum absolute atomic E-state index is 12.6. The largest absolute Gasteiger partial charge is 0.454 e. The van der Waals surface area contributed by atoms with Crippen molar-refractivity contribution in [3.63, 3.8) is 0 Å². The van der Waals surface area contributed by atoms with Crippen LogP contribution in [0.3, 0.4) is 0 Å². The number of hydrogen-bond donors (Lipinski definition) is 0. The van der Waals surface area contributed by atoms with Gasteiger partial charge in [-0.1, -0.05) is 6.07 Å². The van der Waals surface area contributed by atoms with Crippen molar-refractivity contribution in [3.8, 4) is 5.82 Å². The molecule has 0 atom stereocenters. The van der Waals surface area contributed by atoms with E-state index in [1.807, 2.05) is 47.2 Å². The van der Waals surface area contributed by atoms with Crippen molar-refractivity contribution < 1.29 is 14.3 Å². The number of aryl methyl sites for hydroxylation is 1. The van der Waals surface area contributed by atoms with Gasteiger partial charge in [0.25, 0.3) is 0 Å². The van der Waals surface area contributed by atoms with Gasteiger partial charge in [-0.3, -0.25) is 0 Å². The zero-order chi connectivity index (χ0) is 18.1. The van der Waals surface area contributed by atoms with E-state index in [0.717, 1.165) is 23.0 Å². The number of rotatable bonds is 4. The van der Waals surface area contributed by atoms with Crippen LogP contribution in [0.25, 0.3) is 5.82 Å². The maximum atomic E-state index is 12.6. The Hall–Kier alpha value is -3.00. The number of carbonyl (C=O) groups excluding carboxylic acids is 1. The number of esters is 1. The summed E-state index contributed by atoms with van der Waals surface area (Å²) in [6, 6.07) is 7.49. The molecule has 0 spiro atoms. The first-order chi connectivity index (χ1) is 12.6. The molecule has 1 aliphatic heterocycles. The minimum atomic E-state index is -0.385. The van der Waals surface area contributed by atoms with Gasteiger partial charge < -0.3 is 18.6 Å². The summed E-state index contributed by atoms with van der Waals surface area (Å²) < 4.78 is 14.7. The number of fused-ring (bicyclic) bond motifs is 1. The molecule has 0 aliphatic carbocycles. The van der Waals surface area contributed by atoms with Crippen molar-refractivity contribution in [2.45, 2.75) is 33.6 Å². The summed E-state index contributed by atoms with van der Waals surface area (Å²) >= 11 is 0. The first kappa shape index (κ1) is 16.5. The summed E-state index contributed by atoms with van der Waals surface area (Å²) in [6.45, 7) is 5.62. The average Bonchev–Trinajstić information content (AvgIpc) is 3.21. The fraction of sp³-hybridized carbons (Fsp3) is 0.333. The fourth-order valence-corrected chi connectivity index (χ4v) is 3.18. The molecule has 0 saturated heterocycles. The standard InChI is InChI=1S/C18H19N5O3/c1-12-9-14(13(2)23(12)15-5-3-4-6-19-15)18(24)26-11-17-21-20-16-10-25-8-7-22(16)17/h3-6,9H,7-8,10-11H2,1-2H3. The Morgan fingerprint density at radius 3 is 3.00 bits per heavy atom. The van der Waals surface area contributed by atoms with Gasteiger partial charge in [0, 0.05) is 24.1 Å². The van der Waals surface area contributed by atoms with Crippen molar-refractivity contribution >= 4 is 5.97 Å². The van der Waals surface area contributed by atoms with E-state index < -0.39 is 0 Å². The van der Waals surface area contributed by atoms with Crippen LogP contribution >= 0.6 is 0 Å². The number of hydrogen-bond acceptors (Lipinski definition) is 6. The molecule has 134 valence electrons. The number of ether oxygens (including phenoxy) is 2. The molecule has 0 saturated carbocycles. The monoisotopic (exact) mass is 353 g/mol. The first-order valence-electron chi connectivity index (χ1n) is 8.41. The van der Waals surface area contributed by atoms with Crippen LogP contribution in [0.4, 0.5) is 0 Å². The van der Waals surface area contributed by atoms with Crippen LogP contribution in [0.15, 0.2) is 30.5 Å². The molecule has 0 fully saturated rings. The predicted octanol–water partition coefficient (Wildman–Crippen LogP) is 1.97. The number of nitrogens with zero attached hydrogens (tertiary/aromatic N) is 5. The predicted molar refractivity (Wildman–Crippen MR) is 91.8 cm³/mol. The molecule has 0 radical (unpaired) electrons. The van der Waals surface area contributed by atoms with E-state index >= 15 is 0 Å². The minimum Gasteiger partial charge on any atom is -0.454 e. The molecular formula is C18H19N5O3. The number of pyridine rings is 1. The van der Waals surface area contributed by atoms with E-state index in [4.69, 9.17) is 9.47 Å². The van der Waals surface area contributed by atoms with Crippen LogP contribution < -0.4 is 0 Å². The van der Waals surface area contributed by atoms with Crippen LogP contribution in [-0.4, -0.2) is 36.9 Å². The normalized spacial score (nSPS) is 13.5. The summed E-state index contributed by atoms with van der Waals surface area (Å²) in [5.74, 6) is 1.78. The third-order valence-corrected chi connectivity index (χ3v) is 4.46. The van der Waals surface area contributed by atoms with Gasteiger partial charge in [-0.15, -0.1) is 10.2 Å². The Bertz CT molecular complexity index is 945. The molecule has 1 aliphatic rings. The van der Waals surface area contributed by atoms with Gasteiger partial charge in [0.05, 0.1) is 12.2 Å². The lowest BCUT2D eigenvalue weighted by Gasteiger charge is -2.15. The van der Waals surface area contributed by atoms with Gasteiger partial charge in [-0.2, -0.15) is 0 Å². The second-order valence-corrected chi connectivity index (χ2v) is 6.12. The second-order valence-electron chi connectivity index (χ2n) is 6.12. The summed E-state index contributed by atoms with van der Waals surface area (Å²) in [5.41, 5.74) is 2.24. The highest BCUT2D eigenvalue weighted by Crippen LogP contribution is 2.20. The molecule has 26 heavy (non-hydrogen) atoms. The van der Waals surface area contributed by atoms with E-state index in [1.165, 1.54) is 0 Å². The Balaban J connectivity index is 1.53. The molecule has 8 nitrogen and oxygen atoms in total. The van der Waals surface area contributed by atoms with Crippen LogP contribution in [-0.2, 0) is 29.2 Å². The van der Waals surface area contributed by atoms with Gasteiger partial charge in [0.2, 0.25) is 0 Å². The third kappa shape index (κ3) is 2.88. The highest BCUT2D eigenvalue weighted by molar-refractivity contribution is 5.91. The maximum Gasteiger partial charge on any atom is 0.340 e.